The number of nitrogens with zero attached hydrogens (tertiary/aromatic N) is 1. The summed E-state index contributed by atoms with van der Waals surface area (Å²) in [6.07, 6.45) is 0. The molecule has 1 rings (SSSR count). The Hall–Kier alpha value is -1.75. The third-order valence-corrected chi connectivity index (χ3v) is 3.33. The lowest BCUT2D eigenvalue weighted by Crippen LogP contribution is -2.45. The molecule has 118 valence electrons. The number of rotatable bonds is 9. The zero-order valence-electron chi connectivity index (χ0n) is 13.4. The van der Waals surface area contributed by atoms with Gasteiger partial charge in [-0.15, -0.1) is 0 Å². The first-order valence-electron chi connectivity index (χ1n) is 7.41. The highest BCUT2D eigenvalue weighted by Crippen LogP contribution is 2.16. The van der Waals surface area contributed by atoms with Gasteiger partial charge in [-0.2, -0.15) is 0 Å². The molecular weight excluding hydrogens is 268 g/mol. The number of likely N-dealkylation sites (N-methyl/N-ethyl adjacent to an activating group) is 1. The van der Waals surface area contributed by atoms with E-state index in [1.807, 2.05) is 49.9 Å². The van der Waals surface area contributed by atoms with Crippen molar-refractivity contribution in [3.8, 4) is 11.5 Å². The van der Waals surface area contributed by atoms with Gasteiger partial charge in [0.1, 0.15) is 18.1 Å². The predicted molar refractivity (Wildman–Crippen MR) is 83.9 cm³/mol. The van der Waals surface area contributed by atoms with E-state index in [1.165, 1.54) is 0 Å². The van der Waals surface area contributed by atoms with Crippen LogP contribution in [-0.2, 0) is 4.79 Å². The highest BCUT2D eigenvalue weighted by Gasteiger charge is 2.16. The molecule has 0 saturated heterocycles. The summed E-state index contributed by atoms with van der Waals surface area (Å²) < 4.78 is 10.7. The molecule has 1 unspecified atom stereocenters. The van der Waals surface area contributed by atoms with Crippen molar-refractivity contribution in [3.05, 3.63) is 24.3 Å². The zero-order valence-corrected chi connectivity index (χ0v) is 13.4. The monoisotopic (exact) mass is 294 g/mol. The second kappa shape index (κ2) is 9.23. The summed E-state index contributed by atoms with van der Waals surface area (Å²) in [6.45, 7) is 8.48. The van der Waals surface area contributed by atoms with E-state index >= 15 is 0 Å². The second-order valence-corrected chi connectivity index (χ2v) is 4.71. The number of methoxy groups -OCH3 is 1. The Morgan fingerprint density at radius 3 is 2.29 bits per heavy atom. The normalized spacial score (nSPS) is 11.8. The van der Waals surface area contributed by atoms with Gasteiger partial charge >= 0.3 is 0 Å². The van der Waals surface area contributed by atoms with Gasteiger partial charge in [0.05, 0.1) is 13.2 Å². The minimum atomic E-state index is -0.190. The second-order valence-electron chi connectivity index (χ2n) is 4.71. The van der Waals surface area contributed by atoms with Crippen molar-refractivity contribution in [2.24, 2.45) is 0 Å². The summed E-state index contributed by atoms with van der Waals surface area (Å²) in [5.41, 5.74) is 0. The number of nitrogens with one attached hydrogen (secondary N) is 1. The van der Waals surface area contributed by atoms with E-state index in [0.29, 0.717) is 13.2 Å². The molecule has 1 atom stereocenters. The topological polar surface area (TPSA) is 50.8 Å². The standard InChI is InChI=1S/C16H26N2O3/c1-5-18(6-2)16(19)13(3)17-11-12-21-15-9-7-14(20-4)8-10-15/h7-10,13,17H,5-6,11-12H2,1-4H3. The molecule has 0 aliphatic rings. The fourth-order valence-electron chi connectivity index (χ4n) is 2.01. The molecule has 5 nitrogen and oxygen atoms in total. The Balaban J connectivity index is 2.28. The van der Waals surface area contributed by atoms with Crippen molar-refractivity contribution in [2.75, 3.05) is 33.4 Å². The molecule has 1 aromatic rings. The Kier molecular flexibility index (Phi) is 7.61. The van der Waals surface area contributed by atoms with Crippen LogP contribution in [-0.4, -0.2) is 50.2 Å². The van der Waals surface area contributed by atoms with Crippen molar-refractivity contribution < 1.29 is 14.3 Å². The van der Waals surface area contributed by atoms with Gasteiger partial charge in [-0.05, 0) is 45.0 Å². The summed E-state index contributed by atoms with van der Waals surface area (Å²) in [7, 11) is 1.63. The average molecular weight is 294 g/mol. The third kappa shape index (κ3) is 5.63. The van der Waals surface area contributed by atoms with Gasteiger partial charge in [0, 0.05) is 19.6 Å². The third-order valence-electron chi connectivity index (χ3n) is 3.33. The van der Waals surface area contributed by atoms with Gasteiger partial charge in [-0.25, -0.2) is 0 Å². The van der Waals surface area contributed by atoms with Crippen molar-refractivity contribution in [1.29, 1.82) is 0 Å². The molecule has 0 bridgehead atoms. The summed E-state index contributed by atoms with van der Waals surface area (Å²) in [5.74, 6) is 1.73. The highest BCUT2D eigenvalue weighted by atomic mass is 16.5. The minimum absolute atomic E-state index is 0.129. The summed E-state index contributed by atoms with van der Waals surface area (Å²) in [4.78, 5) is 13.9. The lowest BCUT2D eigenvalue weighted by atomic mass is 10.3. The molecule has 21 heavy (non-hydrogen) atoms. The molecule has 0 saturated carbocycles. The predicted octanol–water partition coefficient (Wildman–Crippen LogP) is 1.92. The molecule has 0 aliphatic heterocycles. The van der Waals surface area contributed by atoms with Crippen molar-refractivity contribution in [1.82, 2.24) is 10.2 Å². The van der Waals surface area contributed by atoms with Crippen LogP contribution >= 0.6 is 0 Å². The number of benzene rings is 1. The molecular formula is C16H26N2O3. The SMILES string of the molecule is CCN(CC)C(=O)C(C)NCCOc1ccc(OC)cc1. The van der Waals surface area contributed by atoms with Crippen molar-refractivity contribution in [2.45, 2.75) is 26.8 Å². The van der Waals surface area contributed by atoms with E-state index in [2.05, 4.69) is 5.32 Å². The van der Waals surface area contributed by atoms with Gasteiger partial charge < -0.3 is 19.7 Å². The van der Waals surface area contributed by atoms with Crippen LogP contribution in [0.25, 0.3) is 0 Å². The molecule has 1 amide bonds. The van der Waals surface area contributed by atoms with Gasteiger partial charge in [0.15, 0.2) is 0 Å². The van der Waals surface area contributed by atoms with E-state index in [4.69, 9.17) is 9.47 Å². The van der Waals surface area contributed by atoms with Crippen LogP contribution in [0.3, 0.4) is 0 Å². The molecule has 0 fully saturated rings. The number of carbonyl (C=O) groups excluding carboxylic acids is 1. The maximum absolute atomic E-state index is 12.0. The first-order chi connectivity index (χ1) is 10.1. The van der Waals surface area contributed by atoms with E-state index < -0.39 is 0 Å². The zero-order chi connectivity index (χ0) is 15.7. The smallest absolute Gasteiger partial charge is 0.239 e. The van der Waals surface area contributed by atoms with Crippen molar-refractivity contribution >= 4 is 5.91 Å². The lowest BCUT2D eigenvalue weighted by Gasteiger charge is -2.23. The van der Waals surface area contributed by atoms with Crippen LogP contribution in [0.15, 0.2) is 24.3 Å². The molecule has 0 aromatic heterocycles. The van der Waals surface area contributed by atoms with E-state index in [9.17, 15) is 4.79 Å². The van der Waals surface area contributed by atoms with Crippen LogP contribution in [0.5, 0.6) is 11.5 Å². The van der Waals surface area contributed by atoms with Gasteiger partial charge in [-0.3, -0.25) is 4.79 Å². The van der Waals surface area contributed by atoms with E-state index in [1.54, 1.807) is 7.11 Å². The fraction of sp³-hybridized carbons (Fsp3) is 0.562. The lowest BCUT2D eigenvalue weighted by molar-refractivity contribution is -0.132. The maximum Gasteiger partial charge on any atom is 0.239 e. The van der Waals surface area contributed by atoms with Crippen LogP contribution < -0.4 is 14.8 Å². The Morgan fingerprint density at radius 2 is 1.76 bits per heavy atom. The summed E-state index contributed by atoms with van der Waals surface area (Å²) in [5, 5.41) is 3.18. The molecule has 1 N–H and O–H groups in total. The summed E-state index contributed by atoms with van der Waals surface area (Å²) >= 11 is 0. The Morgan fingerprint density at radius 1 is 1.19 bits per heavy atom. The number of ether oxygens (including phenoxy) is 2. The molecule has 0 radical (unpaired) electrons. The molecule has 5 heteroatoms. The maximum atomic E-state index is 12.0. The van der Waals surface area contributed by atoms with E-state index in [0.717, 1.165) is 24.6 Å². The largest absolute Gasteiger partial charge is 0.497 e. The van der Waals surface area contributed by atoms with Crippen LogP contribution in [0.4, 0.5) is 0 Å². The van der Waals surface area contributed by atoms with Gasteiger partial charge in [0.25, 0.3) is 0 Å². The molecule has 0 spiro atoms. The Bertz CT molecular complexity index is 416. The Labute approximate surface area is 127 Å². The quantitative estimate of drug-likeness (QED) is 0.707. The van der Waals surface area contributed by atoms with Gasteiger partial charge in [0.2, 0.25) is 5.91 Å². The molecule has 0 aliphatic carbocycles. The molecule has 1 aromatic carbocycles. The molecule has 0 heterocycles. The van der Waals surface area contributed by atoms with Crippen LogP contribution in [0.1, 0.15) is 20.8 Å². The highest BCUT2D eigenvalue weighted by molar-refractivity contribution is 5.81. The summed E-state index contributed by atoms with van der Waals surface area (Å²) in [6, 6.07) is 7.25. The van der Waals surface area contributed by atoms with Crippen LogP contribution in [0, 0.1) is 0 Å². The number of amides is 1. The van der Waals surface area contributed by atoms with E-state index in [-0.39, 0.29) is 11.9 Å². The first kappa shape index (κ1) is 17.3. The van der Waals surface area contributed by atoms with Crippen LogP contribution in [0.2, 0.25) is 0 Å². The average Bonchev–Trinajstić information content (AvgIpc) is 2.53. The van der Waals surface area contributed by atoms with Gasteiger partial charge in [-0.1, -0.05) is 0 Å². The minimum Gasteiger partial charge on any atom is -0.497 e. The van der Waals surface area contributed by atoms with Crippen molar-refractivity contribution in [3.63, 3.8) is 0 Å². The fourth-order valence-corrected chi connectivity index (χ4v) is 2.01. The first-order valence-corrected chi connectivity index (χ1v) is 7.41. The number of hydrogen-bond donors (Lipinski definition) is 1. The number of hydrogen-bond acceptors (Lipinski definition) is 4. The number of carbonyl (C=O) groups is 1.